The smallest absolute Gasteiger partial charge is 0.261 e. The maximum absolute atomic E-state index is 12.8. The van der Waals surface area contributed by atoms with Crippen LogP contribution in [0.25, 0.3) is 10.9 Å². The highest BCUT2D eigenvalue weighted by Crippen LogP contribution is 2.41. The molecule has 2 aromatic heterocycles. The summed E-state index contributed by atoms with van der Waals surface area (Å²) in [5.74, 6) is 1.21. The highest BCUT2D eigenvalue weighted by Gasteiger charge is 2.19. The summed E-state index contributed by atoms with van der Waals surface area (Å²) in [7, 11) is 4.53. The van der Waals surface area contributed by atoms with Crippen LogP contribution in [0.4, 0.5) is 0 Å². The number of nitrogens with zero attached hydrogens (tertiary/aromatic N) is 4. The van der Waals surface area contributed by atoms with Gasteiger partial charge < -0.3 is 14.2 Å². The quantitative estimate of drug-likeness (QED) is 0.676. The molecule has 1 aromatic carbocycles. The van der Waals surface area contributed by atoms with E-state index in [4.69, 9.17) is 14.2 Å². The minimum Gasteiger partial charge on any atom is -0.493 e. The molecule has 2 heterocycles. The van der Waals surface area contributed by atoms with E-state index in [1.54, 1.807) is 15.3 Å². The van der Waals surface area contributed by atoms with E-state index in [-0.39, 0.29) is 5.56 Å². The maximum Gasteiger partial charge on any atom is 0.261 e. The molecule has 0 aliphatic heterocycles. The van der Waals surface area contributed by atoms with Crippen molar-refractivity contribution in [2.45, 2.75) is 20.0 Å². The van der Waals surface area contributed by atoms with E-state index in [9.17, 15) is 4.79 Å². The van der Waals surface area contributed by atoms with Crippen molar-refractivity contribution >= 4 is 10.9 Å². The average Bonchev–Trinajstić information content (AvgIpc) is 3.04. The van der Waals surface area contributed by atoms with Gasteiger partial charge in [-0.2, -0.15) is 5.10 Å². The monoisotopic (exact) mass is 344 g/mol. The van der Waals surface area contributed by atoms with Gasteiger partial charge in [-0.1, -0.05) is 0 Å². The van der Waals surface area contributed by atoms with E-state index in [2.05, 4.69) is 10.1 Å². The normalized spacial score (nSPS) is 10.9. The summed E-state index contributed by atoms with van der Waals surface area (Å²) in [6, 6.07) is 3.55. The minimum absolute atomic E-state index is 0.173. The third-order valence-electron chi connectivity index (χ3n) is 3.97. The van der Waals surface area contributed by atoms with E-state index < -0.39 is 0 Å². The Morgan fingerprint density at radius 1 is 1.08 bits per heavy atom. The zero-order valence-corrected chi connectivity index (χ0v) is 14.6. The SMILES string of the molecule is COc1cc2c(=O)n(CCn3ccc(C)n3)cnc2c(OC)c1OC. The Morgan fingerprint density at radius 2 is 1.84 bits per heavy atom. The fourth-order valence-corrected chi connectivity index (χ4v) is 2.72. The second kappa shape index (κ2) is 6.84. The molecule has 0 unspecified atom stereocenters. The number of benzene rings is 1. The summed E-state index contributed by atoms with van der Waals surface area (Å²) in [4.78, 5) is 17.2. The van der Waals surface area contributed by atoms with Crippen LogP contribution in [0.5, 0.6) is 17.2 Å². The minimum atomic E-state index is -0.173. The molecule has 0 saturated heterocycles. The Kier molecular flexibility index (Phi) is 4.60. The first-order valence-electron chi connectivity index (χ1n) is 7.77. The summed E-state index contributed by atoms with van der Waals surface area (Å²) in [6.45, 7) is 2.96. The van der Waals surface area contributed by atoms with Crippen LogP contribution in [0.1, 0.15) is 5.69 Å². The lowest BCUT2D eigenvalue weighted by Crippen LogP contribution is -2.23. The third kappa shape index (κ3) is 3.02. The zero-order valence-electron chi connectivity index (χ0n) is 14.6. The lowest BCUT2D eigenvalue weighted by atomic mass is 10.2. The summed E-state index contributed by atoms with van der Waals surface area (Å²) in [5.41, 5.74) is 1.20. The predicted molar refractivity (Wildman–Crippen MR) is 92.6 cm³/mol. The van der Waals surface area contributed by atoms with Crippen LogP contribution in [-0.2, 0) is 13.1 Å². The molecule has 0 amide bonds. The molecule has 8 nitrogen and oxygen atoms in total. The van der Waals surface area contributed by atoms with Gasteiger partial charge in [0, 0.05) is 12.7 Å². The van der Waals surface area contributed by atoms with Gasteiger partial charge in [0.05, 0.1) is 45.3 Å². The fourth-order valence-electron chi connectivity index (χ4n) is 2.72. The molecule has 132 valence electrons. The molecule has 0 N–H and O–H groups in total. The van der Waals surface area contributed by atoms with Crippen LogP contribution in [0.2, 0.25) is 0 Å². The Labute approximate surface area is 144 Å². The molecule has 0 aliphatic carbocycles. The molecular weight excluding hydrogens is 324 g/mol. The number of fused-ring (bicyclic) bond motifs is 1. The number of methoxy groups -OCH3 is 3. The van der Waals surface area contributed by atoms with Gasteiger partial charge >= 0.3 is 0 Å². The van der Waals surface area contributed by atoms with Crippen LogP contribution in [0, 0.1) is 6.92 Å². The van der Waals surface area contributed by atoms with Crippen molar-refractivity contribution in [1.82, 2.24) is 19.3 Å². The molecule has 0 aliphatic rings. The number of ether oxygens (including phenoxy) is 3. The topological polar surface area (TPSA) is 80.4 Å². The Hall–Kier alpha value is -3.03. The molecule has 0 atom stereocenters. The van der Waals surface area contributed by atoms with E-state index in [0.29, 0.717) is 41.2 Å². The van der Waals surface area contributed by atoms with Crippen LogP contribution in [-0.4, -0.2) is 40.7 Å². The number of hydrogen-bond donors (Lipinski definition) is 0. The van der Waals surface area contributed by atoms with Crippen molar-refractivity contribution < 1.29 is 14.2 Å². The predicted octanol–water partition coefficient (Wildman–Crippen LogP) is 1.63. The summed E-state index contributed by atoms with van der Waals surface area (Å²) in [5, 5.41) is 4.73. The highest BCUT2D eigenvalue weighted by atomic mass is 16.5. The van der Waals surface area contributed by atoms with Gasteiger partial charge in [-0.05, 0) is 19.1 Å². The summed E-state index contributed by atoms with van der Waals surface area (Å²) in [6.07, 6.45) is 3.39. The van der Waals surface area contributed by atoms with E-state index in [1.807, 2.05) is 19.2 Å². The van der Waals surface area contributed by atoms with E-state index in [0.717, 1.165) is 5.69 Å². The molecule has 0 bridgehead atoms. The highest BCUT2D eigenvalue weighted by molar-refractivity contribution is 5.89. The van der Waals surface area contributed by atoms with Gasteiger partial charge in [0.15, 0.2) is 11.5 Å². The Bertz CT molecular complexity index is 961. The molecule has 8 heteroatoms. The molecule has 3 rings (SSSR count). The van der Waals surface area contributed by atoms with Gasteiger partial charge in [0.2, 0.25) is 5.75 Å². The van der Waals surface area contributed by atoms with Crippen molar-refractivity contribution in [2.24, 2.45) is 0 Å². The molecule has 0 radical (unpaired) electrons. The summed E-state index contributed by atoms with van der Waals surface area (Å²) < 4.78 is 19.4. The second-order valence-corrected chi connectivity index (χ2v) is 5.50. The van der Waals surface area contributed by atoms with Gasteiger partial charge in [0.25, 0.3) is 5.56 Å². The van der Waals surface area contributed by atoms with Crippen molar-refractivity contribution in [1.29, 1.82) is 0 Å². The largest absolute Gasteiger partial charge is 0.493 e. The van der Waals surface area contributed by atoms with Gasteiger partial charge in [-0.15, -0.1) is 0 Å². The first kappa shape index (κ1) is 16.8. The molecular formula is C17H20N4O4. The summed E-state index contributed by atoms with van der Waals surface area (Å²) >= 11 is 0. The van der Waals surface area contributed by atoms with E-state index >= 15 is 0 Å². The molecule has 0 fully saturated rings. The van der Waals surface area contributed by atoms with Gasteiger partial charge in [-0.25, -0.2) is 4.98 Å². The maximum atomic E-state index is 12.8. The molecule has 0 spiro atoms. The van der Waals surface area contributed by atoms with Crippen LogP contribution in [0.15, 0.2) is 29.5 Å². The third-order valence-corrected chi connectivity index (χ3v) is 3.97. The first-order valence-corrected chi connectivity index (χ1v) is 7.77. The van der Waals surface area contributed by atoms with Crippen molar-refractivity contribution in [3.05, 3.63) is 40.7 Å². The van der Waals surface area contributed by atoms with Crippen LogP contribution in [0.3, 0.4) is 0 Å². The fraction of sp³-hybridized carbons (Fsp3) is 0.353. The van der Waals surface area contributed by atoms with Gasteiger partial charge in [0.1, 0.15) is 5.52 Å². The molecule has 25 heavy (non-hydrogen) atoms. The zero-order chi connectivity index (χ0) is 18.0. The van der Waals surface area contributed by atoms with Crippen LogP contribution >= 0.6 is 0 Å². The first-order chi connectivity index (χ1) is 12.1. The number of aryl methyl sites for hydroxylation is 3. The lowest BCUT2D eigenvalue weighted by Gasteiger charge is -2.14. The van der Waals surface area contributed by atoms with Crippen LogP contribution < -0.4 is 19.8 Å². The molecule has 3 aromatic rings. The number of rotatable bonds is 6. The number of aromatic nitrogens is 4. The van der Waals surface area contributed by atoms with Crippen molar-refractivity contribution in [2.75, 3.05) is 21.3 Å². The molecule has 0 saturated carbocycles. The van der Waals surface area contributed by atoms with Crippen molar-refractivity contribution in [3.63, 3.8) is 0 Å². The number of hydrogen-bond acceptors (Lipinski definition) is 6. The van der Waals surface area contributed by atoms with E-state index in [1.165, 1.54) is 27.7 Å². The van der Waals surface area contributed by atoms with Gasteiger partial charge in [-0.3, -0.25) is 14.0 Å². The lowest BCUT2D eigenvalue weighted by molar-refractivity contribution is 0.326. The second-order valence-electron chi connectivity index (χ2n) is 5.50. The average molecular weight is 344 g/mol. The standard InChI is InChI=1S/C17H20N4O4/c1-11-5-6-21(19-11)8-7-20-10-18-14-12(17(20)22)9-13(23-2)15(24-3)16(14)25-4/h5-6,9-10H,7-8H2,1-4H3. The Balaban J connectivity index is 2.05. The Morgan fingerprint density at radius 3 is 2.44 bits per heavy atom. The van der Waals surface area contributed by atoms with Crippen molar-refractivity contribution in [3.8, 4) is 17.2 Å².